The zero-order valence-electron chi connectivity index (χ0n) is 11.1. The molecule has 2 rings (SSSR count). The van der Waals surface area contributed by atoms with Crippen LogP contribution in [0.2, 0.25) is 0 Å². The number of hydrogen-bond acceptors (Lipinski definition) is 5. The van der Waals surface area contributed by atoms with Crippen molar-refractivity contribution in [2.75, 3.05) is 18.1 Å². The molecule has 114 valence electrons. The highest BCUT2D eigenvalue weighted by Crippen LogP contribution is 2.22. The van der Waals surface area contributed by atoms with Gasteiger partial charge < -0.3 is 10.5 Å². The molecule has 0 saturated heterocycles. The van der Waals surface area contributed by atoms with Crippen molar-refractivity contribution in [3.8, 4) is 5.75 Å². The second-order valence-corrected chi connectivity index (χ2v) is 8.00. The number of nitrogens with two attached hydrogens (primary N) is 1. The molecule has 2 aromatic rings. The predicted molar refractivity (Wildman–Crippen MR) is 89.0 cm³/mol. The first-order valence-electron chi connectivity index (χ1n) is 6.14. The van der Waals surface area contributed by atoms with E-state index in [1.54, 1.807) is 24.3 Å². The van der Waals surface area contributed by atoms with Crippen LogP contribution in [0, 0.1) is 0 Å². The average Bonchev–Trinajstić information content (AvgIpc) is 2.84. The van der Waals surface area contributed by atoms with E-state index in [4.69, 9.17) is 10.5 Å². The molecule has 1 aromatic carbocycles. The summed E-state index contributed by atoms with van der Waals surface area (Å²) in [6.07, 6.45) is 0. The number of para-hydroxylation sites is 2. The number of hydrogen-bond donors (Lipinski definition) is 2. The van der Waals surface area contributed by atoms with Crippen LogP contribution >= 0.6 is 27.3 Å². The summed E-state index contributed by atoms with van der Waals surface area (Å²) < 4.78 is 32.6. The van der Waals surface area contributed by atoms with Crippen molar-refractivity contribution in [1.29, 1.82) is 0 Å². The van der Waals surface area contributed by atoms with Crippen LogP contribution in [-0.4, -0.2) is 20.8 Å². The molecule has 0 atom stereocenters. The maximum absolute atomic E-state index is 11.9. The Morgan fingerprint density at radius 1 is 1.29 bits per heavy atom. The van der Waals surface area contributed by atoms with E-state index in [0.29, 0.717) is 11.4 Å². The zero-order valence-corrected chi connectivity index (χ0v) is 14.3. The number of halogens is 1. The molecule has 0 aliphatic carbocycles. The molecule has 3 N–H and O–H groups in total. The van der Waals surface area contributed by atoms with E-state index < -0.39 is 10.0 Å². The van der Waals surface area contributed by atoms with Gasteiger partial charge in [-0.05, 0) is 39.5 Å². The summed E-state index contributed by atoms with van der Waals surface area (Å²) >= 11 is 4.85. The molecule has 0 unspecified atom stereocenters. The van der Waals surface area contributed by atoms with E-state index in [1.807, 2.05) is 11.4 Å². The van der Waals surface area contributed by atoms with Gasteiger partial charge in [0.1, 0.15) is 12.4 Å². The zero-order chi connectivity index (χ0) is 15.3. The molecule has 8 heteroatoms. The van der Waals surface area contributed by atoms with E-state index >= 15 is 0 Å². The second-order valence-electron chi connectivity index (χ2n) is 4.22. The van der Waals surface area contributed by atoms with Crippen LogP contribution in [0.4, 0.5) is 5.69 Å². The number of ether oxygens (including phenoxy) is 1. The standard InChI is InChI=1S/C13H15BrN2O3S2/c14-10-5-7-20-13(10)9-16-21(17,18)8-6-19-12-4-2-1-3-11(12)15/h1-5,7,16H,6,8-9,15H2. The Kier molecular flexibility index (Phi) is 5.63. The van der Waals surface area contributed by atoms with Crippen molar-refractivity contribution >= 4 is 43.0 Å². The summed E-state index contributed by atoms with van der Waals surface area (Å²) in [6, 6.07) is 8.87. The van der Waals surface area contributed by atoms with Gasteiger partial charge in [0, 0.05) is 15.9 Å². The third kappa shape index (κ3) is 4.99. The lowest BCUT2D eigenvalue weighted by molar-refractivity contribution is 0.342. The van der Waals surface area contributed by atoms with E-state index in [1.165, 1.54) is 11.3 Å². The van der Waals surface area contributed by atoms with Crippen molar-refractivity contribution in [3.05, 3.63) is 45.1 Å². The fourth-order valence-electron chi connectivity index (χ4n) is 1.57. The fourth-order valence-corrected chi connectivity index (χ4v) is 3.91. The van der Waals surface area contributed by atoms with Crippen LogP contribution in [0.5, 0.6) is 5.75 Å². The maximum atomic E-state index is 11.9. The lowest BCUT2D eigenvalue weighted by Crippen LogP contribution is -2.28. The topological polar surface area (TPSA) is 81.4 Å². The van der Waals surface area contributed by atoms with Crippen LogP contribution in [0.3, 0.4) is 0 Å². The predicted octanol–water partition coefficient (Wildman–Crippen LogP) is 2.59. The Bertz CT molecular complexity index is 701. The molecule has 5 nitrogen and oxygen atoms in total. The Hall–Kier alpha value is -1.09. The number of nitrogen functional groups attached to an aromatic ring is 1. The summed E-state index contributed by atoms with van der Waals surface area (Å²) in [7, 11) is -3.39. The van der Waals surface area contributed by atoms with Crippen molar-refractivity contribution in [3.63, 3.8) is 0 Å². The van der Waals surface area contributed by atoms with E-state index in [-0.39, 0.29) is 18.9 Å². The Balaban J connectivity index is 1.82. The van der Waals surface area contributed by atoms with Gasteiger partial charge >= 0.3 is 0 Å². The monoisotopic (exact) mass is 390 g/mol. The SMILES string of the molecule is Nc1ccccc1OCCS(=O)(=O)NCc1sccc1Br. The lowest BCUT2D eigenvalue weighted by atomic mass is 10.3. The van der Waals surface area contributed by atoms with Gasteiger partial charge in [-0.25, -0.2) is 13.1 Å². The van der Waals surface area contributed by atoms with Crippen molar-refractivity contribution in [2.24, 2.45) is 0 Å². The van der Waals surface area contributed by atoms with Gasteiger partial charge in [-0.2, -0.15) is 0 Å². The maximum Gasteiger partial charge on any atom is 0.215 e. The van der Waals surface area contributed by atoms with Crippen molar-refractivity contribution in [1.82, 2.24) is 4.72 Å². The van der Waals surface area contributed by atoms with E-state index in [0.717, 1.165) is 9.35 Å². The molecule has 0 bridgehead atoms. The highest BCUT2D eigenvalue weighted by molar-refractivity contribution is 9.10. The minimum absolute atomic E-state index is 0.0508. The largest absolute Gasteiger partial charge is 0.490 e. The van der Waals surface area contributed by atoms with Gasteiger partial charge in [0.2, 0.25) is 10.0 Å². The Morgan fingerprint density at radius 3 is 2.71 bits per heavy atom. The highest BCUT2D eigenvalue weighted by Gasteiger charge is 2.12. The van der Waals surface area contributed by atoms with Crippen LogP contribution in [0.15, 0.2) is 40.2 Å². The number of rotatable bonds is 7. The van der Waals surface area contributed by atoms with Crippen molar-refractivity contribution < 1.29 is 13.2 Å². The molecule has 0 spiro atoms. The summed E-state index contributed by atoms with van der Waals surface area (Å²) in [6.45, 7) is 0.323. The Morgan fingerprint density at radius 2 is 2.05 bits per heavy atom. The average molecular weight is 391 g/mol. The van der Waals surface area contributed by atoms with Crippen LogP contribution < -0.4 is 15.2 Å². The fraction of sp³-hybridized carbons (Fsp3) is 0.231. The van der Waals surface area contributed by atoms with Gasteiger partial charge in [0.05, 0.1) is 11.4 Å². The smallest absolute Gasteiger partial charge is 0.215 e. The second kappa shape index (κ2) is 7.26. The molecule has 0 saturated carbocycles. The third-order valence-electron chi connectivity index (χ3n) is 2.67. The summed E-state index contributed by atoms with van der Waals surface area (Å²) in [5.74, 6) is 0.373. The molecule has 0 fully saturated rings. The van der Waals surface area contributed by atoms with Crippen molar-refractivity contribution in [2.45, 2.75) is 6.54 Å². The Labute approximate surface area is 136 Å². The van der Waals surface area contributed by atoms with Gasteiger partial charge in [0.25, 0.3) is 0 Å². The van der Waals surface area contributed by atoms with Crippen LogP contribution in [0.25, 0.3) is 0 Å². The molecule has 0 amide bonds. The normalized spacial score (nSPS) is 11.5. The molecular weight excluding hydrogens is 376 g/mol. The molecule has 1 aromatic heterocycles. The number of sulfonamides is 1. The van der Waals surface area contributed by atoms with Crippen LogP contribution in [-0.2, 0) is 16.6 Å². The van der Waals surface area contributed by atoms with Gasteiger partial charge in [-0.15, -0.1) is 11.3 Å². The third-order valence-corrected chi connectivity index (χ3v) is 5.89. The minimum atomic E-state index is -3.39. The number of anilines is 1. The number of benzene rings is 1. The molecule has 21 heavy (non-hydrogen) atoms. The van der Waals surface area contributed by atoms with Crippen LogP contribution in [0.1, 0.15) is 4.88 Å². The van der Waals surface area contributed by atoms with Gasteiger partial charge in [-0.1, -0.05) is 12.1 Å². The summed E-state index contributed by atoms with van der Waals surface area (Å²) in [4.78, 5) is 0.937. The minimum Gasteiger partial charge on any atom is -0.490 e. The molecule has 0 aliphatic heterocycles. The molecule has 1 heterocycles. The molecule has 0 aliphatic rings. The van der Waals surface area contributed by atoms with Gasteiger partial charge in [0.15, 0.2) is 0 Å². The quantitative estimate of drug-likeness (QED) is 0.711. The first-order valence-corrected chi connectivity index (χ1v) is 9.47. The number of nitrogens with one attached hydrogen (secondary N) is 1. The lowest BCUT2D eigenvalue weighted by Gasteiger charge is -2.09. The first-order chi connectivity index (χ1) is 9.98. The van der Waals surface area contributed by atoms with E-state index in [2.05, 4.69) is 20.7 Å². The van der Waals surface area contributed by atoms with E-state index in [9.17, 15) is 8.42 Å². The number of thiophene rings is 1. The molecular formula is C13H15BrN2O3S2. The summed E-state index contributed by atoms with van der Waals surface area (Å²) in [5.41, 5.74) is 6.21. The van der Waals surface area contributed by atoms with Gasteiger partial charge in [-0.3, -0.25) is 0 Å². The highest BCUT2D eigenvalue weighted by atomic mass is 79.9. The molecule has 0 radical (unpaired) electrons. The summed E-state index contributed by atoms with van der Waals surface area (Å²) in [5, 5.41) is 1.90. The first kappa shape index (κ1) is 16.3.